The summed E-state index contributed by atoms with van der Waals surface area (Å²) in [4.78, 5) is 17.7. The van der Waals surface area contributed by atoms with Crippen molar-refractivity contribution in [1.82, 2.24) is 15.1 Å². The zero-order valence-corrected chi connectivity index (χ0v) is 14.8. The van der Waals surface area contributed by atoms with E-state index in [1.54, 1.807) is 0 Å². The zero-order chi connectivity index (χ0) is 15.9. The van der Waals surface area contributed by atoms with Gasteiger partial charge >= 0.3 is 0 Å². The Bertz CT molecular complexity index is 423. The van der Waals surface area contributed by atoms with E-state index >= 15 is 0 Å². The lowest BCUT2D eigenvalue weighted by molar-refractivity contribution is -0.127. The van der Waals surface area contributed by atoms with E-state index in [1.165, 1.54) is 32.4 Å². The molecule has 0 spiro atoms. The quantitative estimate of drug-likeness (QED) is 0.864. The van der Waals surface area contributed by atoms with E-state index in [0.29, 0.717) is 0 Å². The Labute approximate surface area is 135 Å². The highest BCUT2D eigenvalue weighted by molar-refractivity contribution is 5.82. The van der Waals surface area contributed by atoms with Crippen LogP contribution < -0.4 is 5.32 Å². The first-order chi connectivity index (χ1) is 10.4. The Morgan fingerprint density at radius 2 is 2.05 bits per heavy atom. The largest absolute Gasteiger partial charge is 0.350 e. The van der Waals surface area contributed by atoms with E-state index in [-0.39, 0.29) is 17.5 Å². The fourth-order valence-corrected chi connectivity index (χ4v) is 4.60. The number of carbonyl (C=O) groups excluding carboxylic acids is 1. The molecule has 3 aliphatic heterocycles. The molecule has 1 N–H and O–H groups in total. The van der Waals surface area contributed by atoms with Crippen LogP contribution in [0, 0.1) is 11.8 Å². The Hall–Kier alpha value is -0.610. The Kier molecular flexibility index (Phi) is 4.52. The molecule has 126 valence electrons. The maximum absolute atomic E-state index is 12.5. The second-order valence-corrected chi connectivity index (χ2v) is 8.34. The maximum Gasteiger partial charge on any atom is 0.237 e. The van der Waals surface area contributed by atoms with Crippen molar-refractivity contribution >= 4 is 5.91 Å². The SMILES string of the molecule is CCC(C)(C)NC(=O)[C@H](C)N1C[C@@H]2CN3CCCC[C@H]3[C@H]2C1. The standard InChI is InChI=1S/C18H33N3O/c1-5-18(3,4)19-17(22)13(2)21-11-14-10-20-9-7-6-8-16(20)15(14)12-21/h13-16H,5-12H2,1-4H3,(H,19,22)/t13-,14-,15-,16-/m0/s1. The fourth-order valence-electron chi connectivity index (χ4n) is 4.60. The zero-order valence-electron chi connectivity index (χ0n) is 14.8. The van der Waals surface area contributed by atoms with Crippen molar-refractivity contribution in [3.05, 3.63) is 0 Å². The molecule has 0 bridgehead atoms. The molecule has 3 rings (SSSR count). The number of piperidine rings is 1. The third-order valence-corrected chi connectivity index (χ3v) is 6.42. The van der Waals surface area contributed by atoms with Crippen LogP contribution in [0.4, 0.5) is 0 Å². The molecule has 3 saturated heterocycles. The monoisotopic (exact) mass is 307 g/mol. The molecule has 1 amide bonds. The van der Waals surface area contributed by atoms with Crippen molar-refractivity contribution in [2.45, 2.75) is 71.0 Å². The van der Waals surface area contributed by atoms with E-state index in [9.17, 15) is 4.79 Å². The molecule has 3 heterocycles. The van der Waals surface area contributed by atoms with Crippen LogP contribution in [0.25, 0.3) is 0 Å². The van der Waals surface area contributed by atoms with Crippen LogP contribution in [-0.2, 0) is 4.79 Å². The van der Waals surface area contributed by atoms with Gasteiger partial charge in [-0.05, 0) is 58.4 Å². The number of amides is 1. The highest BCUT2D eigenvalue weighted by Gasteiger charge is 2.48. The molecule has 4 heteroatoms. The van der Waals surface area contributed by atoms with Crippen LogP contribution in [0.2, 0.25) is 0 Å². The predicted octanol–water partition coefficient (Wildman–Crippen LogP) is 2.10. The molecule has 0 aromatic heterocycles. The summed E-state index contributed by atoms with van der Waals surface area (Å²) >= 11 is 0. The molecule has 4 atom stereocenters. The molecule has 0 aromatic carbocycles. The highest BCUT2D eigenvalue weighted by Crippen LogP contribution is 2.40. The van der Waals surface area contributed by atoms with Gasteiger partial charge in [-0.15, -0.1) is 0 Å². The van der Waals surface area contributed by atoms with E-state index in [1.807, 2.05) is 0 Å². The number of carbonyl (C=O) groups is 1. The summed E-state index contributed by atoms with van der Waals surface area (Å²) in [6.07, 6.45) is 5.11. The molecule has 22 heavy (non-hydrogen) atoms. The van der Waals surface area contributed by atoms with Gasteiger partial charge in [0.1, 0.15) is 0 Å². The third kappa shape index (κ3) is 3.05. The van der Waals surface area contributed by atoms with Crippen LogP contribution in [-0.4, -0.2) is 59.5 Å². The lowest BCUT2D eigenvalue weighted by atomic mass is 9.90. The average molecular weight is 307 g/mol. The second kappa shape index (κ2) is 6.12. The average Bonchev–Trinajstić information content (AvgIpc) is 3.03. The second-order valence-electron chi connectivity index (χ2n) is 8.34. The summed E-state index contributed by atoms with van der Waals surface area (Å²) in [5.74, 6) is 1.79. The van der Waals surface area contributed by atoms with Gasteiger partial charge in [0.05, 0.1) is 6.04 Å². The minimum Gasteiger partial charge on any atom is -0.350 e. The summed E-state index contributed by atoms with van der Waals surface area (Å²) in [5, 5.41) is 3.21. The number of rotatable bonds is 4. The van der Waals surface area contributed by atoms with Crippen LogP contribution in [0.5, 0.6) is 0 Å². The van der Waals surface area contributed by atoms with Crippen molar-refractivity contribution in [2.24, 2.45) is 11.8 Å². The van der Waals surface area contributed by atoms with Gasteiger partial charge in [0.15, 0.2) is 0 Å². The van der Waals surface area contributed by atoms with E-state index in [2.05, 4.69) is 42.8 Å². The van der Waals surface area contributed by atoms with Gasteiger partial charge in [0, 0.05) is 31.2 Å². The summed E-state index contributed by atoms with van der Waals surface area (Å²) in [6.45, 7) is 13.2. The van der Waals surface area contributed by atoms with Crippen LogP contribution >= 0.6 is 0 Å². The lowest BCUT2D eigenvalue weighted by Gasteiger charge is -2.34. The van der Waals surface area contributed by atoms with Crippen molar-refractivity contribution < 1.29 is 4.79 Å². The van der Waals surface area contributed by atoms with Crippen molar-refractivity contribution in [2.75, 3.05) is 26.2 Å². The van der Waals surface area contributed by atoms with Crippen LogP contribution in [0.1, 0.15) is 53.4 Å². The summed E-state index contributed by atoms with van der Waals surface area (Å²) in [7, 11) is 0. The Morgan fingerprint density at radius 1 is 1.27 bits per heavy atom. The maximum atomic E-state index is 12.5. The highest BCUT2D eigenvalue weighted by atomic mass is 16.2. The first-order valence-corrected chi connectivity index (χ1v) is 9.21. The molecule has 0 aliphatic carbocycles. The number of nitrogens with zero attached hydrogens (tertiary/aromatic N) is 2. The number of fused-ring (bicyclic) bond motifs is 3. The normalized spacial score (nSPS) is 34.3. The third-order valence-electron chi connectivity index (χ3n) is 6.42. The summed E-state index contributed by atoms with van der Waals surface area (Å²) in [6, 6.07) is 0.805. The van der Waals surface area contributed by atoms with Crippen molar-refractivity contribution in [1.29, 1.82) is 0 Å². The van der Waals surface area contributed by atoms with Gasteiger partial charge in [-0.1, -0.05) is 13.3 Å². The van der Waals surface area contributed by atoms with Gasteiger partial charge in [-0.3, -0.25) is 14.6 Å². The van der Waals surface area contributed by atoms with Crippen LogP contribution in [0.3, 0.4) is 0 Å². The minimum atomic E-state index is -0.0961. The molecule has 0 unspecified atom stereocenters. The smallest absolute Gasteiger partial charge is 0.237 e. The van der Waals surface area contributed by atoms with Crippen molar-refractivity contribution in [3.8, 4) is 0 Å². The minimum absolute atomic E-state index is 0.00784. The molecule has 0 radical (unpaired) electrons. The number of hydrogen-bond donors (Lipinski definition) is 1. The van der Waals surface area contributed by atoms with Gasteiger partial charge in [0.25, 0.3) is 0 Å². The first kappa shape index (κ1) is 16.3. The predicted molar refractivity (Wildman–Crippen MR) is 89.7 cm³/mol. The lowest BCUT2D eigenvalue weighted by Crippen LogP contribution is -2.52. The van der Waals surface area contributed by atoms with Crippen LogP contribution in [0.15, 0.2) is 0 Å². The molecule has 4 nitrogen and oxygen atoms in total. The first-order valence-electron chi connectivity index (χ1n) is 9.21. The van der Waals surface area contributed by atoms with Gasteiger partial charge < -0.3 is 5.32 Å². The van der Waals surface area contributed by atoms with E-state index < -0.39 is 0 Å². The van der Waals surface area contributed by atoms with Gasteiger partial charge in [-0.2, -0.15) is 0 Å². The Morgan fingerprint density at radius 3 is 2.77 bits per heavy atom. The van der Waals surface area contributed by atoms with E-state index in [0.717, 1.165) is 37.4 Å². The molecule has 3 fully saturated rings. The molecule has 3 aliphatic rings. The molecular formula is C18H33N3O. The summed E-state index contributed by atoms with van der Waals surface area (Å²) < 4.78 is 0. The Balaban J connectivity index is 1.58. The molecule has 0 aromatic rings. The molecular weight excluding hydrogens is 274 g/mol. The molecule has 0 saturated carbocycles. The number of likely N-dealkylation sites (tertiary alicyclic amines) is 1. The summed E-state index contributed by atoms with van der Waals surface area (Å²) in [5.41, 5.74) is -0.0961. The fraction of sp³-hybridized carbons (Fsp3) is 0.944. The number of nitrogens with one attached hydrogen (secondary N) is 1. The van der Waals surface area contributed by atoms with Gasteiger partial charge in [0.2, 0.25) is 5.91 Å². The topological polar surface area (TPSA) is 35.6 Å². The van der Waals surface area contributed by atoms with E-state index in [4.69, 9.17) is 0 Å². The van der Waals surface area contributed by atoms with Gasteiger partial charge in [-0.25, -0.2) is 0 Å². The van der Waals surface area contributed by atoms with Crippen molar-refractivity contribution in [3.63, 3.8) is 0 Å². The number of hydrogen-bond acceptors (Lipinski definition) is 3.